The predicted molar refractivity (Wildman–Crippen MR) is 50.5 cm³/mol. The molecule has 0 spiro atoms. The smallest absolute Gasteiger partial charge is 0.0725 e. The molecule has 1 aromatic heterocycles. The lowest BCUT2D eigenvalue weighted by atomic mass is 10.1. The first-order valence-corrected chi connectivity index (χ1v) is 5.01. The zero-order valence-corrected chi connectivity index (χ0v) is 8.03. The van der Waals surface area contributed by atoms with E-state index < -0.39 is 0 Å². The van der Waals surface area contributed by atoms with Gasteiger partial charge in [-0.3, -0.25) is 0 Å². The number of nitrogens with zero attached hydrogens (tertiary/aromatic N) is 3. The monoisotopic (exact) mass is 180 g/mol. The van der Waals surface area contributed by atoms with Crippen molar-refractivity contribution in [1.82, 2.24) is 20.3 Å². The first-order chi connectivity index (χ1) is 6.42. The summed E-state index contributed by atoms with van der Waals surface area (Å²) in [4.78, 5) is 0. The molecule has 72 valence electrons. The van der Waals surface area contributed by atoms with E-state index in [1.807, 2.05) is 6.20 Å². The molecule has 1 aromatic rings. The van der Waals surface area contributed by atoms with Gasteiger partial charge in [-0.05, 0) is 32.4 Å². The summed E-state index contributed by atoms with van der Waals surface area (Å²) in [6, 6.07) is 0.568. The van der Waals surface area contributed by atoms with Crippen molar-refractivity contribution in [3.8, 4) is 0 Å². The third kappa shape index (κ3) is 1.72. The van der Waals surface area contributed by atoms with Crippen LogP contribution in [0.4, 0.5) is 0 Å². The minimum atomic E-state index is 0.568. The summed E-state index contributed by atoms with van der Waals surface area (Å²) < 4.78 is 2.10. The van der Waals surface area contributed by atoms with Crippen molar-refractivity contribution in [2.24, 2.45) is 0 Å². The van der Waals surface area contributed by atoms with Crippen LogP contribution in [0.5, 0.6) is 0 Å². The molecule has 0 atom stereocenters. The number of aryl methyl sites for hydroxylation is 1. The summed E-state index contributed by atoms with van der Waals surface area (Å²) in [7, 11) is 0. The second kappa shape index (κ2) is 3.87. The van der Waals surface area contributed by atoms with Gasteiger partial charge in [-0.25, -0.2) is 4.68 Å². The second-order valence-electron chi connectivity index (χ2n) is 3.50. The van der Waals surface area contributed by atoms with Gasteiger partial charge in [0, 0.05) is 0 Å². The van der Waals surface area contributed by atoms with Gasteiger partial charge in [0.15, 0.2) is 0 Å². The van der Waals surface area contributed by atoms with Gasteiger partial charge < -0.3 is 5.32 Å². The first-order valence-electron chi connectivity index (χ1n) is 5.01. The third-order valence-corrected chi connectivity index (χ3v) is 2.67. The maximum absolute atomic E-state index is 4.15. The molecule has 1 aliphatic rings. The van der Waals surface area contributed by atoms with E-state index in [2.05, 4.69) is 27.2 Å². The normalized spacial score (nSPS) is 19.2. The maximum Gasteiger partial charge on any atom is 0.0725 e. The fourth-order valence-corrected chi connectivity index (χ4v) is 1.88. The summed E-state index contributed by atoms with van der Waals surface area (Å²) in [5, 5.41) is 11.5. The molecule has 1 N–H and O–H groups in total. The average Bonchev–Trinajstić information content (AvgIpc) is 2.67. The van der Waals surface area contributed by atoms with Crippen LogP contribution in [0.25, 0.3) is 0 Å². The van der Waals surface area contributed by atoms with Crippen molar-refractivity contribution < 1.29 is 0 Å². The standard InChI is InChI=1S/C9H16N4/c1-2-8-7-11-12-13(8)9-3-5-10-6-4-9/h7,9-10H,2-6H2,1H3. The van der Waals surface area contributed by atoms with E-state index >= 15 is 0 Å². The Hall–Kier alpha value is -0.900. The molecular weight excluding hydrogens is 164 g/mol. The van der Waals surface area contributed by atoms with E-state index in [0.29, 0.717) is 6.04 Å². The van der Waals surface area contributed by atoms with Crippen LogP contribution in [-0.2, 0) is 6.42 Å². The molecule has 0 amide bonds. The number of aromatic nitrogens is 3. The van der Waals surface area contributed by atoms with Crippen LogP contribution in [0.15, 0.2) is 6.20 Å². The lowest BCUT2D eigenvalue weighted by Gasteiger charge is -2.23. The minimum absolute atomic E-state index is 0.568. The van der Waals surface area contributed by atoms with Gasteiger partial charge in [-0.1, -0.05) is 12.1 Å². The van der Waals surface area contributed by atoms with Crippen LogP contribution in [0, 0.1) is 0 Å². The largest absolute Gasteiger partial charge is 0.317 e. The zero-order chi connectivity index (χ0) is 9.10. The second-order valence-corrected chi connectivity index (χ2v) is 3.50. The summed E-state index contributed by atoms with van der Waals surface area (Å²) in [6.45, 7) is 4.36. The lowest BCUT2D eigenvalue weighted by molar-refractivity contribution is 0.330. The molecule has 0 unspecified atom stereocenters. The highest BCUT2D eigenvalue weighted by Crippen LogP contribution is 2.18. The molecule has 0 radical (unpaired) electrons. The Balaban J connectivity index is 2.13. The fourth-order valence-electron chi connectivity index (χ4n) is 1.88. The number of rotatable bonds is 2. The van der Waals surface area contributed by atoms with Crippen molar-refractivity contribution in [1.29, 1.82) is 0 Å². The summed E-state index contributed by atoms with van der Waals surface area (Å²) in [5.74, 6) is 0. The summed E-state index contributed by atoms with van der Waals surface area (Å²) in [6.07, 6.45) is 5.26. The van der Waals surface area contributed by atoms with E-state index in [9.17, 15) is 0 Å². The van der Waals surface area contributed by atoms with Gasteiger partial charge in [-0.15, -0.1) is 5.10 Å². The van der Waals surface area contributed by atoms with Gasteiger partial charge in [0.25, 0.3) is 0 Å². The summed E-state index contributed by atoms with van der Waals surface area (Å²) in [5.41, 5.74) is 1.26. The van der Waals surface area contributed by atoms with E-state index in [-0.39, 0.29) is 0 Å². The topological polar surface area (TPSA) is 42.7 Å². The van der Waals surface area contributed by atoms with Gasteiger partial charge in [0.05, 0.1) is 17.9 Å². The molecule has 0 aliphatic carbocycles. The molecule has 0 saturated carbocycles. The highest BCUT2D eigenvalue weighted by molar-refractivity contribution is 4.95. The molecule has 2 heterocycles. The van der Waals surface area contributed by atoms with Crippen molar-refractivity contribution >= 4 is 0 Å². The van der Waals surface area contributed by atoms with Crippen molar-refractivity contribution in [3.05, 3.63) is 11.9 Å². The Kier molecular flexibility index (Phi) is 2.59. The van der Waals surface area contributed by atoms with Crippen LogP contribution in [0.2, 0.25) is 0 Å². The first kappa shape index (κ1) is 8.69. The maximum atomic E-state index is 4.15. The Morgan fingerprint density at radius 2 is 2.31 bits per heavy atom. The highest BCUT2D eigenvalue weighted by atomic mass is 15.4. The molecule has 1 fully saturated rings. The quantitative estimate of drug-likeness (QED) is 0.731. The molecular formula is C9H16N4. The molecule has 1 aliphatic heterocycles. The Morgan fingerprint density at radius 3 is 3.00 bits per heavy atom. The molecule has 13 heavy (non-hydrogen) atoms. The Morgan fingerprint density at radius 1 is 1.54 bits per heavy atom. The average molecular weight is 180 g/mol. The van der Waals surface area contributed by atoms with Gasteiger partial charge in [0.1, 0.15) is 0 Å². The fraction of sp³-hybridized carbons (Fsp3) is 0.778. The van der Waals surface area contributed by atoms with Gasteiger partial charge in [0.2, 0.25) is 0 Å². The van der Waals surface area contributed by atoms with Gasteiger partial charge in [-0.2, -0.15) is 0 Å². The molecule has 1 saturated heterocycles. The molecule has 4 nitrogen and oxygen atoms in total. The Labute approximate surface area is 78.3 Å². The summed E-state index contributed by atoms with van der Waals surface area (Å²) >= 11 is 0. The predicted octanol–water partition coefficient (Wildman–Crippen LogP) is 0.765. The van der Waals surface area contributed by atoms with Crippen LogP contribution < -0.4 is 5.32 Å². The van der Waals surface area contributed by atoms with E-state index in [0.717, 1.165) is 19.5 Å². The number of hydrogen-bond acceptors (Lipinski definition) is 3. The third-order valence-electron chi connectivity index (χ3n) is 2.67. The van der Waals surface area contributed by atoms with E-state index in [1.54, 1.807) is 0 Å². The van der Waals surface area contributed by atoms with Crippen LogP contribution >= 0.6 is 0 Å². The van der Waals surface area contributed by atoms with Crippen molar-refractivity contribution in [2.75, 3.05) is 13.1 Å². The number of nitrogens with one attached hydrogen (secondary N) is 1. The van der Waals surface area contributed by atoms with Crippen molar-refractivity contribution in [2.45, 2.75) is 32.2 Å². The van der Waals surface area contributed by atoms with Crippen LogP contribution in [0.3, 0.4) is 0 Å². The molecule has 0 bridgehead atoms. The Bertz CT molecular complexity index is 262. The molecule has 2 rings (SSSR count). The highest BCUT2D eigenvalue weighted by Gasteiger charge is 2.17. The van der Waals surface area contributed by atoms with Crippen LogP contribution in [0.1, 0.15) is 31.5 Å². The number of hydrogen-bond donors (Lipinski definition) is 1. The van der Waals surface area contributed by atoms with E-state index in [4.69, 9.17) is 0 Å². The van der Waals surface area contributed by atoms with E-state index in [1.165, 1.54) is 18.5 Å². The molecule has 0 aromatic carbocycles. The van der Waals surface area contributed by atoms with Gasteiger partial charge >= 0.3 is 0 Å². The minimum Gasteiger partial charge on any atom is -0.317 e. The van der Waals surface area contributed by atoms with Crippen molar-refractivity contribution in [3.63, 3.8) is 0 Å². The SMILES string of the molecule is CCc1cnnn1C1CCNCC1. The lowest BCUT2D eigenvalue weighted by Crippen LogP contribution is -2.30. The molecule has 4 heteroatoms. The number of piperidine rings is 1. The van der Waals surface area contributed by atoms with Crippen LogP contribution in [-0.4, -0.2) is 28.1 Å². The zero-order valence-electron chi connectivity index (χ0n) is 8.03.